The Bertz CT molecular complexity index is 645. The minimum Gasteiger partial charge on any atom is -0.481 e. The Balaban J connectivity index is 1.99. The van der Waals surface area contributed by atoms with Crippen molar-refractivity contribution in [3.63, 3.8) is 0 Å². The molecule has 0 amide bonds. The van der Waals surface area contributed by atoms with Crippen LogP contribution in [0.3, 0.4) is 0 Å². The minimum absolute atomic E-state index is 0.119. The first-order valence-electron chi connectivity index (χ1n) is 6.63. The molecule has 0 unspecified atom stereocenters. The molecule has 21 heavy (non-hydrogen) atoms. The summed E-state index contributed by atoms with van der Waals surface area (Å²) in [5, 5.41) is 0. The van der Waals surface area contributed by atoms with E-state index in [9.17, 15) is 4.79 Å². The van der Waals surface area contributed by atoms with Crippen LogP contribution < -0.4 is 9.47 Å². The molecular formula is C17H17BrO3. The molecule has 2 rings (SSSR count). The number of hydrogen-bond acceptors (Lipinski definition) is 3. The van der Waals surface area contributed by atoms with E-state index in [4.69, 9.17) is 9.47 Å². The third-order valence-electron chi connectivity index (χ3n) is 3.05. The molecule has 0 aliphatic rings. The van der Waals surface area contributed by atoms with Crippen LogP contribution in [-0.2, 0) is 4.79 Å². The van der Waals surface area contributed by atoms with Crippen molar-refractivity contribution in [2.24, 2.45) is 0 Å². The lowest BCUT2D eigenvalue weighted by molar-refractivity contribution is -0.136. The van der Waals surface area contributed by atoms with Crippen LogP contribution in [0.2, 0.25) is 0 Å². The van der Waals surface area contributed by atoms with E-state index in [0.717, 1.165) is 26.9 Å². The average molecular weight is 349 g/mol. The third kappa shape index (κ3) is 4.08. The first-order valence-corrected chi connectivity index (χ1v) is 7.42. The summed E-state index contributed by atoms with van der Waals surface area (Å²) in [6, 6.07) is 11.4. The van der Waals surface area contributed by atoms with Crippen LogP contribution in [0.15, 0.2) is 40.9 Å². The number of rotatable bonds is 4. The van der Waals surface area contributed by atoms with Gasteiger partial charge in [0.25, 0.3) is 0 Å². The molecule has 0 aliphatic heterocycles. The molecule has 2 aromatic rings. The van der Waals surface area contributed by atoms with Crippen LogP contribution in [0.4, 0.5) is 0 Å². The summed E-state index contributed by atoms with van der Waals surface area (Å²) in [6.45, 7) is 5.75. The molecule has 0 fully saturated rings. The molecule has 4 heteroatoms. The van der Waals surface area contributed by atoms with Gasteiger partial charge in [0.15, 0.2) is 6.61 Å². The van der Waals surface area contributed by atoms with Gasteiger partial charge in [-0.05, 0) is 65.5 Å². The number of ether oxygens (including phenoxy) is 2. The SMILES string of the molecule is Cc1ccc(OC(=O)COc2c(C)cccc2C)c(Br)c1. The summed E-state index contributed by atoms with van der Waals surface area (Å²) < 4.78 is 11.6. The van der Waals surface area contributed by atoms with Crippen LogP contribution in [0.5, 0.6) is 11.5 Å². The summed E-state index contributed by atoms with van der Waals surface area (Å²) in [5.41, 5.74) is 3.09. The zero-order valence-electron chi connectivity index (χ0n) is 12.3. The number of para-hydroxylation sites is 1. The molecular weight excluding hydrogens is 332 g/mol. The highest BCUT2D eigenvalue weighted by Gasteiger charge is 2.11. The lowest BCUT2D eigenvalue weighted by Crippen LogP contribution is -2.18. The van der Waals surface area contributed by atoms with Gasteiger partial charge in [-0.2, -0.15) is 0 Å². The second kappa shape index (κ2) is 6.76. The van der Waals surface area contributed by atoms with E-state index in [1.165, 1.54) is 0 Å². The molecule has 0 radical (unpaired) electrons. The molecule has 0 saturated carbocycles. The lowest BCUT2D eigenvalue weighted by Gasteiger charge is -2.12. The second-order valence-corrected chi connectivity index (χ2v) is 5.77. The average Bonchev–Trinajstić information content (AvgIpc) is 2.41. The van der Waals surface area contributed by atoms with Crippen LogP contribution in [-0.4, -0.2) is 12.6 Å². The predicted octanol–water partition coefficient (Wildman–Crippen LogP) is 4.36. The highest BCUT2D eigenvalue weighted by molar-refractivity contribution is 9.10. The highest BCUT2D eigenvalue weighted by Crippen LogP contribution is 2.26. The fourth-order valence-electron chi connectivity index (χ4n) is 2.00. The van der Waals surface area contributed by atoms with Crippen molar-refractivity contribution in [2.75, 3.05) is 6.61 Å². The summed E-state index contributed by atoms with van der Waals surface area (Å²) in [5.74, 6) is 0.801. The zero-order valence-corrected chi connectivity index (χ0v) is 13.9. The number of aryl methyl sites for hydroxylation is 3. The zero-order chi connectivity index (χ0) is 15.4. The number of benzene rings is 2. The summed E-state index contributed by atoms with van der Waals surface area (Å²) in [7, 11) is 0. The molecule has 0 heterocycles. The molecule has 110 valence electrons. The van der Waals surface area contributed by atoms with Crippen LogP contribution in [0, 0.1) is 20.8 Å². The van der Waals surface area contributed by atoms with Crippen molar-refractivity contribution in [3.8, 4) is 11.5 Å². The Morgan fingerprint density at radius 2 is 1.76 bits per heavy atom. The van der Waals surface area contributed by atoms with Crippen molar-refractivity contribution in [1.29, 1.82) is 0 Å². The molecule has 0 spiro atoms. The molecule has 0 aromatic heterocycles. The van der Waals surface area contributed by atoms with E-state index >= 15 is 0 Å². The minimum atomic E-state index is -0.429. The Labute approximate surface area is 133 Å². The molecule has 0 atom stereocenters. The van der Waals surface area contributed by atoms with Crippen LogP contribution in [0.25, 0.3) is 0 Å². The molecule has 0 saturated heterocycles. The summed E-state index contributed by atoms with van der Waals surface area (Å²) >= 11 is 3.38. The Morgan fingerprint density at radius 3 is 2.38 bits per heavy atom. The van der Waals surface area contributed by atoms with Gasteiger partial charge in [-0.25, -0.2) is 4.79 Å². The number of halogens is 1. The van der Waals surface area contributed by atoms with Gasteiger partial charge in [0, 0.05) is 0 Å². The van der Waals surface area contributed by atoms with E-state index in [1.54, 1.807) is 6.07 Å². The fraction of sp³-hybridized carbons (Fsp3) is 0.235. The Hall–Kier alpha value is -1.81. The Morgan fingerprint density at radius 1 is 1.10 bits per heavy atom. The van der Waals surface area contributed by atoms with E-state index in [1.807, 2.05) is 51.1 Å². The number of esters is 1. The summed E-state index contributed by atoms with van der Waals surface area (Å²) in [6.07, 6.45) is 0. The summed E-state index contributed by atoms with van der Waals surface area (Å²) in [4.78, 5) is 11.9. The molecule has 3 nitrogen and oxygen atoms in total. The van der Waals surface area contributed by atoms with Gasteiger partial charge >= 0.3 is 5.97 Å². The fourth-order valence-corrected chi connectivity index (χ4v) is 2.57. The maximum Gasteiger partial charge on any atom is 0.349 e. The quantitative estimate of drug-likeness (QED) is 0.608. The number of carbonyl (C=O) groups excluding carboxylic acids is 1. The molecule has 0 aliphatic carbocycles. The molecule has 0 N–H and O–H groups in total. The van der Waals surface area contributed by atoms with Crippen molar-refractivity contribution in [3.05, 3.63) is 57.6 Å². The second-order valence-electron chi connectivity index (χ2n) is 4.92. The first kappa shape index (κ1) is 15.6. The Kier molecular flexibility index (Phi) is 5.02. The first-order chi connectivity index (χ1) is 9.97. The van der Waals surface area contributed by atoms with Gasteiger partial charge in [-0.3, -0.25) is 0 Å². The van der Waals surface area contributed by atoms with Crippen molar-refractivity contribution >= 4 is 21.9 Å². The van der Waals surface area contributed by atoms with Gasteiger partial charge in [0.1, 0.15) is 11.5 Å². The van der Waals surface area contributed by atoms with Gasteiger partial charge < -0.3 is 9.47 Å². The highest BCUT2D eigenvalue weighted by atomic mass is 79.9. The van der Waals surface area contributed by atoms with E-state index < -0.39 is 5.97 Å². The lowest BCUT2D eigenvalue weighted by atomic mass is 10.1. The van der Waals surface area contributed by atoms with E-state index in [-0.39, 0.29) is 6.61 Å². The molecule has 0 bridgehead atoms. The van der Waals surface area contributed by atoms with Gasteiger partial charge in [0.05, 0.1) is 4.47 Å². The van der Waals surface area contributed by atoms with Gasteiger partial charge in [-0.15, -0.1) is 0 Å². The maximum atomic E-state index is 11.9. The predicted molar refractivity (Wildman–Crippen MR) is 85.9 cm³/mol. The normalized spacial score (nSPS) is 10.3. The smallest absolute Gasteiger partial charge is 0.349 e. The van der Waals surface area contributed by atoms with Crippen LogP contribution in [0.1, 0.15) is 16.7 Å². The molecule has 2 aromatic carbocycles. The van der Waals surface area contributed by atoms with Crippen molar-refractivity contribution in [1.82, 2.24) is 0 Å². The van der Waals surface area contributed by atoms with Gasteiger partial charge in [0.2, 0.25) is 0 Å². The maximum absolute atomic E-state index is 11.9. The van der Waals surface area contributed by atoms with Crippen molar-refractivity contribution < 1.29 is 14.3 Å². The largest absolute Gasteiger partial charge is 0.481 e. The monoisotopic (exact) mass is 348 g/mol. The van der Waals surface area contributed by atoms with E-state index in [2.05, 4.69) is 15.9 Å². The standard InChI is InChI=1S/C17H17BrO3/c1-11-7-8-15(14(18)9-11)21-16(19)10-20-17-12(2)5-4-6-13(17)3/h4-9H,10H2,1-3H3. The van der Waals surface area contributed by atoms with Gasteiger partial charge in [-0.1, -0.05) is 24.3 Å². The number of hydrogen-bond donors (Lipinski definition) is 0. The van der Waals surface area contributed by atoms with Crippen LogP contribution >= 0.6 is 15.9 Å². The topological polar surface area (TPSA) is 35.5 Å². The number of carbonyl (C=O) groups is 1. The van der Waals surface area contributed by atoms with E-state index in [0.29, 0.717) is 5.75 Å². The third-order valence-corrected chi connectivity index (χ3v) is 3.67. The van der Waals surface area contributed by atoms with Crippen molar-refractivity contribution in [2.45, 2.75) is 20.8 Å².